The van der Waals surface area contributed by atoms with Crippen LogP contribution in [0.2, 0.25) is 0 Å². The summed E-state index contributed by atoms with van der Waals surface area (Å²) in [5.41, 5.74) is 2.31. The summed E-state index contributed by atoms with van der Waals surface area (Å²) in [6.07, 6.45) is 1.70. The third-order valence-corrected chi connectivity index (χ3v) is 4.98. The van der Waals surface area contributed by atoms with Crippen molar-refractivity contribution in [3.63, 3.8) is 0 Å². The van der Waals surface area contributed by atoms with Crippen LogP contribution in [0.5, 0.6) is 5.75 Å². The molecule has 0 saturated carbocycles. The van der Waals surface area contributed by atoms with Crippen molar-refractivity contribution in [1.82, 2.24) is 0 Å². The molecule has 0 N–H and O–H groups in total. The fourth-order valence-electron chi connectivity index (χ4n) is 1.30. The number of aryl methyl sites for hydroxylation is 2. The Bertz CT molecular complexity index is 381. The Morgan fingerprint density at radius 3 is 2.31 bits per heavy atom. The molecule has 0 spiro atoms. The molecule has 0 radical (unpaired) electrons. The van der Waals surface area contributed by atoms with Gasteiger partial charge in [0.1, 0.15) is 12.4 Å². The molecule has 0 aliphatic heterocycles. The Balaban J connectivity index is 2.72. The van der Waals surface area contributed by atoms with E-state index >= 15 is 0 Å². The van der Waals surface area contributed by atoms with Gasteiger partial charge in [0.2, 0.25) is 0 Å². The molecule has 0 saturated heterocycles. The lowest BCUT2D eigenvalue weighted by Gasteiger charge is -2.13. The second kappa shape index (κ2) is 5.82. The summed E-state index contributed by atoms with van der Waals surface area (Å²) in [4.78, 5) is 0. The third-order valence-electron chi connectivity index (χ3n) is 2.46. The van der Waals surface area contributed by atoms with Crippen LogP contribution in [0.15, 0.2) is 16.6 Å². The van der Waals surface area contributed by atoms with Crippen molar-refractivity contribution in [1.29, 1.82) is 0 Å². The summed E-state index contributed by atoms with van der Waals surface area (Å²) in [6, 6.07) is 3.98. The predicted octanol–water partition coefficient (Wildman–Crippen LogP) is 3.21. The Kier molecular flexibility index (Phi) is 4.99. The van der Waals surface area contributed by atoms with Crippen molar-refractivity contribution in [2.24, 2.45) is 0 Å². The molecule has 0 aromatic heterocycles. The highest BCUT2D eigenvalue weighted by molar-refractivity contribution is 9.10. The van der Waals surface area contributed by atoms with E-state index in [9.17, 15) is 4.21 Å². The van der Waals surface area contributed by atoms with Crippen molar-refractivity contribution >= 4 is 26.7 Å². The number of hydrogen-bond donors (Lipinski definition) is 0. The zero-order valence-electron chi connectivity index (χ0n) is 10.0. The molecule has 0 aliphatic carbocycles. The van der Waals surface area contributed by atoms with Crippen LogP contribution in [0.4, 0.5) is 0 Å². The van der Waals surface area contributed by atoms with E-state index in [0.717, 1.165) is 21.3 Å². The van der Waals surface area contributed by atoms with Gasteiger partial charge in [-0.2, -0.15) is 0 Å². The highest BCUT2D eigenvalue weighted by atomic mass is 79.9. The smallest absolute Gasteiger partial charge is 0.119 e. The first-order valence-electron chi connectivity index (χ1n) is 5.13. The Labute approximate surface area is 108 Å². The molecule has 1 aromatic carbocycles. The zero-order valence-corrected chi connectivity index (χ0v) is 12.4. The maximum Gasteiger partial charge on any atom is 0.119 e. The number of rotatable bonds is 4. The second-order valence-electron chi connectivity index (χ2n) is 3.99. The molecule has 4 heteroatoms. The summed E-state index contributed by atoms with van der Waals surface area (Å²) in [7, 11) is -0.833. The lowest BCUT2D eigenvalue weighted by molar-refractivity contribution is 0.320. The van der Waals surface area contributed by atoms with Gasteiger partial charge in [0, 0.05) is 21.5 Å². The van der Waals surface area contributed by atoms with Crippen LogP contribution in [0.25, 0.3) is 0 Å². The Morgan fingerprint density at radius 2 is 1.88 bits per heavy atom. The van der Waals surface area contributed by atoms with E-state index in [-0.39, 0.29) is 5.25 Å². The molecule has 0 heterocycles. The van der Waals surface area contributed by atoms with Gasteiger partial charge in [0.05, 0.1) is 5.25 Å². The third kappa shape index (κ3) is 3.59. The standard InChI is InChI=1S/C12H17BrO2S/c1-8-5-11(6-9(2)12(8)13)15-7-10(3)16(4)14/h5-6,10H,7H2,1-4H3. The summed E-state index contributed by atoms with van der Waals surface area (Å²) < 4.78 is 17.9. The van der Waals surface area contributed by atoms with E-state index in [1.165, 1.54) is 0 Å². The van der Waals surface area contributed by atoms with Gasteiger partial charge in [-0.25, -0.2) is 0 Å². The van der Waals surface area contributed by atoms with Crippen LogP contribution < -0.4 is 4.74 Å². The summed E-state index contributed by atoms with van der Waals surface area (Å²) in [6.45, 7) is 6.48. The monoisotopic (exact) mass is 304 g/mol. The number of ether oxygens (including phenoxy) is 1. The minimum Gasteiger partial charge on any atom is -0.492 e. The van der Waals surface area contributed by atoms with Crippen LogP contribution in [0.3, 0.4) is 0 Å². The molecule has 2 unspecified atom stereocenters. The number of benzene rings is 1. The highest BCUT2D eigenvalue weighted by Gasteiger charge is 2.08. The lowest BCUT2D eigenvalue weighted by Crippen LogP contribution is -2.18. The fourth-order valence-corrected chi connectivity index (χ4v) is 1.79. The molecule has 0 bridgehead atoms. The Morgan fingerprint density at radius 1 is 1.38 bits per heavy atom. The van der Waals surface area contributed by atoms with Crippen molar-refractivity contribution in [2.75, 3.05) is 12.9 Å². The van der Waals surface area contributed by atoms with Gasteiger partial charge in [-0.05, 0) is 44.0 Å². The van der Waals surface area contributed by atoms with Gasteiger partial charge in [-0.3, -0.25) is 4.21 Å². The topological polar surface area (TPSA) is 26.3 Å². The maximum atomic E-state index is 11.2. The molecular weight excluding hydrogens is 288 g/mol. The lowest BCUT2D eigenvalue weighted by atomic mass is 10.1. The molecule has 0 aliphatic rings. The molecule has 1 aromatic rings. The van der Waals surface area contributed by atoms with Crippen molar-refractivity contribution < 1.29 is 8.95 Å². The van der Waals surface area contributed by atoms with Crippen LogP contribution in [0, 0.1) is 13.8 Å². The average molecular weight is 305 g/mol. The van der Waals surface area contributed by atoms with E-state index < -0.39 is 10.8 Å². The van der Waals surface area contributed by atoms with Gasteiger partial charge < -0.3 is 4.74 Å². The van der Waals surface area contributed by atoms with Gasteiger partial charge in [-0.1, -0.05) is 15.9 Å². The molecule has 1 rings (SSSR count). The van der Waals surface area contributed by atoms with Crippen LogP contribution in [-0.4, -0.2) is 22.3 Å². The molecule has 2 nitrogen and oxygen atoms in total. The summed E-state index contributed by atoms with van der Waals surface area (Å²) in [5, 5.41) is 0.0595. The SMILES string of the molecule is Cc1cc(OCC(C)S(C)=O)cc(C)c1Br. The molecule has 16 heavy (non-hydrogen) atoms. The predicted molar refractivity (Wildman–Crippen MR) is 72.6 cm³/mol. The first-order chi connectivity index (χ1) is 7.41. The highest BCUT2D eigenvalue weighted by Crippen LogP contribution is 2.26. The molecule has 90 valence electrons. The van der Waals surface area contributed by atoms with Gasteiger partial charge >= 0.3 is 0 Å². The van der Waals surface area contributed by atoms with Crippen molar-refractivity contribution in [3.05, 3.63) is 27.7 Å². The number of halogens is 1. The molecule has 0 fully saturated rings. The van der Waals surface area contributed by atoms with Gasteiger partial charge in [-0.15, -0.1) is 0 Å². The second-order valence-corrected chi connectivity index (χ2v) is 6.59. The normalized spacial score (nSPS) is 14.6. The molecule has 2 atom stereocenters. The van der Waals surface area contributed by atoms with Gasteiger partial charge in [0.25, 0.3) is 0 Å². The van der Waals surface area contributed by atoms with E-state index in [1.54, 1.807) is 6.26 Å². The largest absolute Gasteiger partial charge is 0.492 e. The first kappa shape index (κ1) is 13.7. The van der Waals surface area contributed by atoms with Crippen LogP contribution >= 0.6 is 15.9 Å². The average Bonchev–Trinajstić information content (AvgIpc) is 2.22. The first-order valence-corrected chi connectivity index (χ1v) is 7.55. The Hall–Kier alpha value is -0.350. The number of hydrogen-bond acceptors (Lipinski definition) is 2. The maximum absolute atomic E-state index is 11.2. The minimum atomic E-state index is -0.833. The fraction of sp³-hybridized carbons (Fsp3) is 0.500. The zero-order chi connectivity index (χ0) is 12.3. The van der Waals surface area contributed by atoms with E-state index in [0.29, 0.717) is 6.61 Å². The van der Waals surface area contributed by atoms with E-state index in [4.69, 9.17) is 4.74 Å². The summed E-state index contributed by atoms with van der Waals surface area (Å²) in [5.74, 6) is 0.843. The van der Waals surface area contributed by atoms with Gasteiger partial charge in [0.15, 0.2) is 0 Å². The minimum absolute atomic E-state index is 0.0595. The summed E-state index contributed by atoms with van der Waals surface area (Å²) >= 11 is 3.51. The van der Waals surface area contributed by atoms with Crippen LogP contribution in [0.1, 0.15) is 18.1 Å². The molecular formula is C12H17BrO2S. The van der Waals surface area contributed by atoms with Crippen molar-refractivity contribution in [3.8, 4) is 5.75 Å². The van der Waals surface area contributed by atoms with Crippen molar-refractivity contribution in [2.45, 2.75) is 26.0 Å². The molecule has 0 amide bonds. The van der Waals surface area contributed by atoms with Crippen LogP contribution in [-0.2, 0) is 10.8 Å². The van der Waals surface area contributed by atoms with E-state index in [1.807, 2.05) is 32.9 Å². The van der Waals surface area contributed by atoms with E-state index in [2.05, 4.69) is 15.9 Å². The quantitative estimate of drug-likeness (QED) is 0.854.